The van der Waals surface area contributed by atoms with Gasteiger partial charge < -0.3 is 11.1 Å². The van der Waals surface area contributed by atoms with Gasteiger partial charge in [0.1, 0.15) is 23.7 Å². The fraction of sp³-hybridized carbons (Fsp3) is 0.333. The highest BCUT2D eigenvalue weighted by Gasteiger charge is 2.23. The molecular formula is C18H21N7S. The number of nitrogens with one attached hydrogen (secondary N) is 1. The summed E-state index contributed by atoms with van der Waals surface area (Å²) in [6.45, 7) is 4.39. The van der Waals surface area contributed by atoms with Gasteiger partial charge in [0, 0.05) is 5.69 Å². The van der Waals surface area contributed by atoms with E-state index in [9.17, 15) is 0 Å². The van der Waals surface area contributed by atoms with Gasteiger partial charge in [0.05, 0.1) is 6.04 Å². The summed E-state index contributed by atoms with van der Waals surface area (Å²) in [6, 6.07) is 10.3. The predicted molar refractivity (Wildman–Crippen MR) is 103 cm³/mol. The van der Waals surface area contributed by atoms with E-state index in [1.54, 1.807) is 12.7 Å². The summed E-state index contributed by atoms with van der Waals surface area (Å²) < 4.78 is 1.92. The first-order chi connectivity index (χ1) is 12.7. The maximum Gasteiger partial charge on any atom is 0.190 e. The zero-order valence-corrected chi connectivity index (χ0v) is 15.6. The molecule has 2 aromatic heterocycles. The van der Waals surface area contributed by atoms with Crippen LogP contribution in [0.1, 0.15) is 44.0 Å². The summed E-state index contributed by atoms with van der Waals surface area (Å²) >= 11 is 1.27. The monoisotopic (exact) mass is 367 g/mol. The number of hydrogen-bond acceptors (Lipinski definition) is 7. The molecule has 0 spiro atoms. The van der Waals surface area contributed by atoms with Crippen LogP contribution in [0.15, 0.2) is 36.9 Å². The number of hydrogen-bond donors (Lipinski definition) is 2. The van der Waals surface area contributed by atoms with Gasteiger partial charge in [-0.25, -0.2) is 14.6 Å². The lowest BCUT2D eigenvalue weighted by molar-refractivity contribution is 0.332. The van der Waals surface area contributed by atoms with E-state index < -0.39 is 0 Å². The fourth-order valence-corrected chi connectivity index (χ4v) is 3.83. The molecule has 0 bridgehead atoms. The topological polar surface area (TPSA) is 105 Å². The highest BCUT2D eigenvalue weighted by molar-refractivity contribution is 7.19. The van der Waals surface area contributed by atoms with E-state index >= 15 is 0 Å². The fourth-order valence-electron chi connectivity index (χ4n) is 3.13. The van der Waals surface area contributed by atoms with Crippen LogP contribution in [-0.2, 0) is 0 Å². The minimum Gasteiger partial charge on any atom is -0.388 e. The normalized spacial score (nSPS) is 12.1. The molecule has 0 aliphatic rings. The van der Waals surface area contributed by atoms with Gasteiger partial charge in [-0.05, 0) is 23.6 Å². The molecule has 3 rings (SSSR count). The van der Waals surface area contributed by atoms with Gasteiger partial charge in [-0.2, -0.15) is 10.4 Å². The van der Waals surface area contributed by atoms with Crippen LogP contribution in [0, 0.1) is 17.2 Å². The first-order valence-corrected chi connectivity index (χ1v) is 9.35. The molecule has 7 nitrogen and oxygen atoms in total. The Hall–Kier alpha value is -2.92. The second-order valence-electron chi connectivity index (χ2n) is 5.99. The Balaban J connectivity index is 1.92. The molecule has 0 saturated heterocycles. The number of benzene rings is 1. The zero-order valence-electron chi connectivity index (χ0n) is 14.8. The summed E-state index contributed by atoms with van der Waals surface area (Å²) in [5.41, 5.74) is 8.11. The Kier molecular flexibility index (Phi) is 5.49. The molecule has 0 saturated carbocycles. The zero-order chi connectivity index (χ0) is 18.5. The molecule has 1 aromatic carbocycles. The van der Waals surface area contributed by atoms with Crippen molar-refractivity contribution in [2.75, 3.05) is 11.1 Å². The second kappa shape index (κ2) is 7.97. The summed E-state index contributed by atoms with van der Waals surface area (Å²) in [5, 5.41) is 17.7. The maximum atomic E-state index is 9.01. The molecule has 0 fully saturated rings. The SMILES string of the molecule is CCC(CC)C(c1cccc(Nc2nc(C#N)c(N)s2)c1)n1cncn1. The van der Waals surface area contributed by atoms with Crippen LogP contribution in [0.2, 0.25) is 0 Å². The van der Waals surface area contributed by atoms with Gasteiger partial charge in [0.2, 0.25) is 0 Å². The van der Waals surface area contributed by atoms with Crippen LogP contribution in [0.3, 0.4) is 0 Å². The van der Waals surface area contributed by atoms with E-state index in [1.165, 1.54) is 11.3 Å². The van der Waals surface area contributed by atoms with Crippen molar-refractivity contribution in [1.29, 1.82) is 5.26 Å². The Bertz CT molecular complexity index is 891. The average Bonchev–Trinajstić information content (AvgIpc) is 3.29. The van der Waals surface area contributed by atoms with E-state index in [4.69, 9.17) is 11.0 Å². The third kappa shape index (κ3) is 3.68. The van der Waals surface area contributed by atoms with Crippen LogP contribution in [0.25, 0.3) is 0 Å². The second-order valence-corrected chi connectivity index (χ2v) is 7.02. The Morgan fingerprint density at radius 3 is 2.77 bits per heavy atom. The molecule has 3 N–H and O–H groups in total. The molecule has 134 valence electrons. The Morgan fingerprint density at radius 1 is 1.35 bits per heavy atom. The lowest BCUT2D eigenvalue weighted by Crippen LogP contribution is -2.20. The van der Waals surface area contributed by atoms with Crippen molar-refractivity contribution >= 4 is 27.2 Å². The molecular weight excluding hydrogens is 346 g/mol. The van der Waals surface area contributed by atoms with Crippen molar-refractivity contribution in [2.24, 2.45) is 5.92 Å². The number of nitrogens with two attached hydrogens (primary N) is 1. The van der Waals surface area contributed by atoms with Crippen molar-refractivity contribution < 1.29 is 0 Å². The highest BCUT2D eigenvalue weighted by Crippen LogP contribution is 2.33. The first kappa shape index (κ1) is 17.9. The molecule has 1 atom stereocenters. The van der Waals surface area contributed by atoms with E-state index in [0.717, 1.165) is 24.1 Å². The molecule has 0 amide bonds. The van der Waals surface area contributed by atoms with Crippen molar-refractivity contribution in [2.45, 2.75) is 32.7 Å². The van der Waals surface area contributed by atoms with E-state index in [2.05, 4.69) is 46.4 Å². The van der Waals surface area contributed by atoms with Gasteiger partial charge >= 0.3 is 0 Å². The number of nitrogens with zero attached hydrogens (tertiary/aromatic N) is 5. The summed E-state index contributed by atoms with van der Waals surface area (Å²) in [6.07, 6.45) is 5.43. The van der Waals surface area contributed by atoms with Crippen molar-refractivity contribution in [3.63, 3.8) is 0 Å². The maximum absolute atomic E-state index is 9.01. The summed E-state index contributed by atoms with van der Waals surface area (Å²) in [5.74, 6) is 0.452. The highest BCUT2D eigenvalue weighted by atomic mass is 32.1. The Morgan fingerprint density at radius 2 is 2.15 bits per heavy atom. The lowest BCUT2D eigenvalue weighted by Gasteiger charge is -2.26. The molecule has 0 aliphatic heterocycles. The Labute approximate surface area is 156 Å². The molecule has 2 heterocycles. The summed E-state index contributed by atoms with van der Waals surface area (Å²) in [4.78, 5) is 8.32. The molecule has 8 heteroatoms. The van der Waals surface area contributed by atoms with E-state index in [-0.39, 0.29) is 11.7 Å². The number of anilines is 3. The number of aromatic nitrogens is 4. The number of nitriles is 1. The quantitative estimate of drug-likeness (QED) is 0.655. The largest absolute Gasteiger partial charge is 0.388 e. The van der Waals surface area contributed by atoms with Gasteiger partial charge in [-0.3, -0.25) is 0 Å². The smallest absolute Gasteiger partial charge is 0.190 e. The summed E-state index contributed by atoms with van der Waals surface area (Å²) in [7, 11) is 0. The lowest BCUT2D eigenvalue weighted by atomic mass is 9.89. The van der Waals surface area contributed by atoms with Crippen LogP contribution in [0.5, 0.6) is 0 Å². The van der Waals surface area contributed by atoms with Gasteiger partial charge in [-0.1, -0.05) is 50.2 Å². The van der Waals surface area contributed by atoms with Gasteiger partial charge in [0.25, 0.3) is 0 Å². The van der Waals surface area contributed by atoms with Gasteiger partial charge in [-0.15, -0.1) is 0 Å². The van der Waals surface area contributed by atoms with Crippen LogP contribution in [-0.4, -0.2) is 19.7 Å². The van der Waals surface area contributed by atoms with E-state index in [1.807, 2.05) is 22.9 Å². The van der Waals surface area contributed by atoms with Crippen molar-refractivity contribution in [1.82, 2.24) is 19.7 Å². The molecule has 3 aromatic rings. The number of thiazole rings is 1. The molecule has 26 heavy (non-hydrogen) atoms. The predicted octanol–water partition coefficient (Wildman–Crippen LogP) is 3.96. The molecule has 0 radical (unpaired) electrons. The van der Waals surface area contributed by atoms with Crippen LogP contribution >= 0.6 is 11.3 Å². The third-order valence-corrected chi connectivity index (χ3v) is 5.26. The van der Waals surface area contributed by atoms with Crippen molar-refractivity contribution in [3.8, 4) is 6.07 Å². The third-order valence-electron chi connectivity index (χ3n) is 4.46. The van der Waals surface area contributed by atoms with E-state index in [0.29, 0.717) is 16.1 Å². The van der Waals surface area contributed by atoms with Gasteiger partial charge in [0.15, 0.2) is 10.8 Å². The molecule has 1 unspecified atom stereocenters. The standard InChI is InChI=1S/C18H21N7S/c1-3-12(4-2)16(25-11-21-10-22-25)13-6-5-7-14(8-13)23-18-24-15(9-19)17(20)26-18/h5-8,10-12,16H,3-4,20H2,1-2H3,(H,23,24). The minimum absolute atomic E-state index is 0.116. The van der Waals surface area contributed by atoms with Crippen LogP contribution < -0.4 is 11.1 Å². The molecule has 0 aliphatic carbocycles. The van der Waals surface area contributed by atoms with Crippen molar-refractivity contribution in [3.05, 3.63) is 48.2 Å². The number of nitrogen functional groups attached to an aromatic ring is 1. The number of rotatable bonds is 7. The first-order valence-electron chi connectivity index (χ1n) is 8.53. The van der Waals surface area contributed by atoms with Crippen LogP contribution in [0.4, 0.5) is 15.8 Å². The average molecular weight is 367 g/mol. The minimum atomic E-state index is 0.116.